The lowest BCUT2D eigenvalue weighted by Crippen LogP contribution is -2.15. The first-order valence-corrected chi connectivity index (χ1v) is 6.79. The monoisotopic (exact) mass is 246 g/mol. The van der Waals surface area contributed by atoms with Crippen LogP contribution in [-0.4, -0.2) is 12.4 Å². The number of rotatable bonds is 6. The van der Waals surface area contributed by atoms with E-state index in [4.69, 9.17) is 4.74 Å². The van der Waals surface area contributed by atoms with Gasteiger partial charge in [-0.15, -0.1) is 0 Å². The fourth-order valence-corrected chi connectivity index (χ4v) is 1.88. The average molecular weight is 246 g/mol. The van der Waals surface area contributed by atoms with E-state index in [0.29, 0.717) is 0 Å². The predicted molar refractivity (Wildman–Crippen MR) is 73.0 cm³/mol. The van der Waals surface area contributed by atoms with Gasteiger partial charge in [-0.05, 0) is 42.4 Å². The molecule has 1 aromatic rings. The van der Waals surface area contributed by atoms with Crippen LogP contribution in [0.2, 0.25) is 0 Å². The molecule has 0 aliphatic heterocycles. The molecule has 0 amide bonds. The molecule has 1 aliphatic carbocycles. The molecule has 0 spiro atoms. The molecule has 0 aromatic heterocycles. The Labute approximate surface area is 109 Å². The zero-order valence-corrected chi connectivity index (χ0v) is 11.5. The lowest BCUT2D eigenvalue weighted by molar-refractivity contribution is -0.122. The lowest BCUT2D eigenvalue weighted by atomic mass is 9.82. The molecule has 18 heavy (non-hydrogen) atoms. The second-order valence-electron chi connectivity index (χ2n) is 5.79. The Kier molecular flexibility index (Phi) is 3.74. The number of ketones is 1. The minimum Gasteiger partial charge on any atom is -0.486 e. The normalized spacial score (nSPS) is 15.5. The highest BCUT2D eigenvalue weighted by Crippen LogP contribution is 2.30. The number of hydrogen-bond acceptors (Lipinski definition) is 2. The third-order valence-electron chi connectivity index (χ3n) is 3.93. The highest BCUT2D eigenvalue weighted by Gasteiger charge is 2.29. The molecule has 1 fully saturated rings. The molecule has 0 heterocycles. The molecule has 1 saturated carbocycles. The van der Waals surface area contributed by atoms with Gasteiger partial charge in [0.25, 0.3) is 0 Å². The largest absolute Gasteiger partial charge is 0.486 e. The summed E-state index contributed by atoms with van der Waals surface area (Å²) in [5, 5.41) is 0. The molecule has 0 saturated heterocycles. The van der Waals surface area contributed by atoms with Gasteiger partial charge in [-0.1, -0.05) is 32.9 Å². The first kappa shape index (κ1) is 13.1. The van der Waals surface area contributed by atoms with Crippen LogP contribution < -0.4 is 4.74 Å². The van der Waals surface area contributed by atoms with Crippen LogP contribution >= 0.6 is 0 Å². The zero-order chi connectivity index (χ0) is 13.2. The molecule has 0 N–H and O–H groups in total. The van der Waals surface area contributed by atoms with Crippen molar-refractivity contribution in [1.82, 2.24) is 0 Å². The van der Waals surface area contributed by atoms with E-state index in [0.717, 1.165) is 25.0 Å². The quantitative estimate of drug-likeness (QED) is 0.764. The minimum absolute atomic E-state index is 0.197. The summed E-state index contributed by atoms with van der Waals surface area (Å²) in [6, 6.07) is 8.13. The van der Waals surface area contributed by atoms with Crippen molar-refractivity contribution in [3.05, 3.63) is 29.8 Å². The summed E-state index contributed by atoms with van der Waals surface area (Å²) < 4.78 is 5.52. The molecular weight excluding hydrogens is 224 g/mol. The van der Waals surface area contributed by atoms with Crippen LogP contribution in [-0.2, 0) is 10.2 Å². The van der Waals surface area contributed by atoms with E-state index in [1.54, 1.807) is 0 Å². The SMILES string of the molecule is CCC(C)(C)c1ccc(OCC(=O)C2CC2)cc1. The van der Waals surface area contributed by atoms with Gasteiger partial charge in [-0.3, -0.25) is 4.79 Å². The minimum atomic E-state index is 0.197. The Morgan fingerprint density at radius 1 is 1.28 bits per heavy atom. The molecule has 0 bridgehead atoms. The predicted octanol–water partition coefficient (Wildman–Crippen LogP) is 3.73. The van der Waals surface area contributed by atoms with Gasteiger partial charge >= 0.3 is 0 Å². The number of ether oxygens (including phenoxy) is 1. The Morgan fingerprint density at radius 2 is 1.89 bits per heavy atom. The summed E-state index contributed by atoms with van der Waals surface area (Å²) in [6.07, 6.45) is 3.20. The standard InChI is InChI=1S/C16H22O2/c1-4-16(2,3)13-7-9-14(10-8-13)18-11-15(17)12-5-6-12/h7-10,12H,4-6,11H2,1-3H3. The molecular formula is C16H22O2. The van der Waals surface area contributed by atoms with E-state index in [1.807, 2.05) is 12.1 Å². The number of carbonyl (C=O) groups is 1. The molecule has 98 valence electrons. The van der Waals surface area contributed by atoms with Crippen molar-refractivity contribution in [3.63, 3.8) is 0 Å². The summed E-state index contributed by atoms with van der Waals surface area (Å²) in [4.78, 5) is 11.5. The third-order valence-corrected chi connectivity index (χ3v) is 3.93. The van der Waals surface area contributed by atoms with Crippen molar-refractivity contribution in [2.24, 2.45) is 5.92 Å². The van der Waals surface area contributed by atoms with Crippen molar-refractivity contribution >= 4 is 5.78 Å². The van der Waals surface area contributed by atoms with E-state index >= 15 is 0 Å². The van der Waals surface area contributed by atoms with Crippen molar-refractivity contribution in [2.45, 2.75) is 45.4 Å². The summed E-state index contributed by atoms with van der Waals surface area (Å²) in [5.41, 5.74) is 1.51. The molecule has 0 radical (unpaired) electrons. The van der Waals surface area contributed by atoms with Crippen LogP contribution in [0.3, 0.4) is 0 Å². The van der Waals surface area contributed by atoms with Crippen molar-refractivity contribution in [1.29, 1.82) is 0 Å². The maximum Gasteiger partial charge on any atom is 0.173 e. The van der Waals surface area contributed by atoms with Crippen LogP contribution in [0.25, 0.3) is 0 Å². The van der Waals surface area contributed by atoms with Crippen LogP contribution in [0.1, 0.15) is 45.6 Å². The van der Waals surface area contributed by atoms with Crippen molar-refractivity contribution in [3.8, 4) is 5.75 Å². The Morgan fingerprint density at radius 3 is 2.39 bits per heavy atom. The van der Waals surface area contributed by atoms with Gasteiger partial charge in [0.15, 0.2) is 5.78 Å². The number of Topliss-reactive ketones (excluding diaryl/α,β-unsaturated/α-hetero) is 1. The van der Waals surface area contributed by atoms with Gasteiger partial charge in [0, 0.05) is 5.92 Å². The average Bonchev–Trinajstić information content (AvgIpc) is 3.20. The summed E-state index contributed by atoms with van der Waals surface area (Å²) in [5.74, 6) is 1.32. The zero-order valence-electron chi connectivity index (χ0n) is 11.5. The van der Waals surface area contributed by atoms with E-state index < -0.39 is 0 Å². The summed E-state index contributed by atoms with van der Waals surface area (Å²) in [7, 11) is 0. The molecule has 0 unspecified atom stereocenters. The van der Waals surface area contributed by atoms with Crippen LogP contribution in [0.4, 0.5) is 0 Å². The topological polar surface area (TPSA) is 26.3 Å². The Balaban J connectivity index is 1.92. The van der Waals surface area contributed by atoms with Crippen molar-refractivity contribution in [2.75, 3.05) is 6.61 Å². The second-order valence-corrected chi connectivity index (χ2v) is 5.79. The van der Waals surface area contributed by atoms with Gasteiger partial charge in [-0.25, -0.2) is 0 Å². The van der Waals surface area contributed by atoms with E-state index in [9.17, 15) is 4.79 Å². The Hall–Kier alpha value is -1.31. The van der Waals surface area contributed by atoms with Gasteiger partial charge in [-0.2, -0.15) is 0 Å². The van der Waals surface area contributed by atoms with Crippen LogP contribution in [0, 0.1) is 5.92 Å². The highest BCUT2D eigenvalue weighted by atomic mass is 16.5. The number of benzene rings is 1. The highest BCUT2D eigenvalue weighted by molar-refractivity contribution is 5.84. The van der Waals surface area contributed by atoms with Gasteiger partial charge < -0.3 is 4.74 Å². The first-order valence-electron chi connectivity index (χ1n) is 6.79. The molecule has 2 rings (SSSR count). The lowest BCUT2D eigenvalue weighted by Gasteiger charge is -2.23. The van der Waals surface area contributed by atoms with E-state index in [-0.39, 0.29) is 23.7 Å². The maximum absolute atomic E-state index is 11.5. The van der Waals surface area contributed by atoms with E-state index in [1.165, 1.54) is 5.56 Å². The second kappa shape index (κ2) is 5.13. The van der Waals surface area contributed by atoms with E-state index in [2.05, 4.69) is 32.9 Å². The third kappa shape index (κ3) is 3.12. The number of hydrogen-bond donors (Lipinski definition) is 0. The Bertz CT molecular complexity index is 413. The fourth-order valence-electron chi connectivity index (χ4n) is 1.88. The molecule has 1 aliphatic rings. The molecule has 2 heteroatoms. The van der Waals surface area contributed by atoms with Crippen LogP contribution in [0.15, 0.2) is 24.3 Å². The molecule has 1 aromatic carbocycles. The van der Waals surface area contributed by atoms with Gasteiger partial charge in [0.2, 0.25) is 0 Å². The molecule has 2 nitrogen and oxygen atoms in total. The summed E-state index contributed by atoms with van der Waals surface area (Å²) >= 11 is 0. The van der Waals surface area contributed by atoms with Crippen molar-refractivity contribution < 1.29 is 9.53 Å². The summed E-state index contributed by atoms with van der Waals surface area (Å²) in [6.45, 7) is 6.89. The molecule has 0 atom stereocenters. The van der Waals surface area contributed by atoms with Gasteiger partial charge in [0.1, 0.15) is 12.4 Å². The first-order chi connectivity index (χ1) is 8.53. The number of carbonyl (C=O) groups excluding carboxylic acids is 1. The van der Waals surface area contributed by atoms with Crippen LogP contribution in [0.5, 0.6) is 5.75 Å². The van der Waals surface area contributed by atoms with Gasteiger partial charge in [0.05, 0.1) is 0 Å². The maximum atomic E-state index is 11.5. The fraction of sp³-hybridized carbons (Fsp3) is 0.562. The smallest absolute Gasteiger partial charge is 0.173 e.